The van der Waals surface area contributed by atoms with Crippen LogP contribution in [0.3, 0.4) is 0 Å². The van der Waals surface area contributed by atoms with E-state index in [0.717, 1.165) is 6.42 Å². The topological polar surface area (TPSA) is 0 Å². The third kappa shape index (κ3) is 5.61. The van der Waals surface area contributed by atoms with Crippen LogP contribution in [-0.2, 0) is 0 Å². The van der Waals surface area contributed by atoms with Gasteiger partial charge in [-0.25, -0.2) is 0 Å². The summed E-state index contributed by atoms with van der Waals surface area (Å²) in [6, 6.07) is 0. The zero-order chi connectivity index (χ0) is 7.98. The van der Waals surface area contributed by atoms with E-state index in [-0.39, 0.29) is 0 Å². The minimum absolute atomic E-state index is 0.667. The van der Waals surface area contributed by atoms with E-state index in [1.807, 2.05) is 0 Å². The molecule has 58 valence electrons. The second kappa shape index (κ2) is 5.28. The molecule has 0 aromatic carbocycles. The molecule has 0 aliphatic carbocycles. The quantitative estimate of drug-likeness (QED) is 0.523. The van der Waals surface area contributed by atoms with Crippen LogP contribution in [0, 0.1) is 5.92 Å². The molecule has 0 heteroatoms. The summed E-state index contributed by atoms with van der Waals surface area (Å²) in [6.45, 7) is 8.68. The van der Waals surface area contributed by atoms with Gasteiger partial charge in [0.15, 0.2) is 0 Å². The molecule has 0 aliphatic heterocycles. The van der Waals surface area contributed by atoms with Crippen LogP contribution in [0.4, 0.5) is 0 Å². The Labute approximate surface area is 64.6 Å². The summed E-state index contributed by atoms with van der Waals surface area (Å²) in [5.74, 6) is 0.667. The molecule has 0 bridgehead atoms. The molecule has 0 N–H and O–H groups in total. The van der Waals surface area contributed by atoms with Crippen LogP contribution in [0.1, 0.15) is 34.1 Å². The summed E-state index contributed by atoms with van der Waals surface area (Å²) in [4.78, 5) is 0. The number of hydrogen-bond acceptors (Lipinski definition) is 0. The highest BCUT2D eigenvalue weighted by Crippen LogP contribution is 2.01. The monoisotopic (exact) mass is 138 g/mol. The molecule has 0 rings (SSSR count). The van der Waals surface area contributed by atoms with Crippen molar-refractivity contribution >= 4 is 0 Å². The highest BCUT2D eigenvalue weighted by atomic mass is 13.9. The molecule has 0 heterocycles. The Morgan fingerprint density at radius 2 is 2.00 bits per heavy atom. The summed E-state index contributed by atoms with van der Waals surface area (Å²) in [7, 11) is 0. The van der Waals surface area contributed by atoms with Crippen molar-refractivity contribution < 1.29 is 0 Å². The van der Waals surface area contributed by atoms with E-state index in [1.54, 1.807) is 0 Å². The summed E-state index contributed by atoms with van der Waals surface area (Å²) in [5.41, 5.74) is 1.37. The molecule has 0 aliphatic rings. The maximum atomic E-state index is 2.24. The van der Waals surface area contributed by atoms with Crippen LogP contribution >= 0.6 is 0 Å². The van der Waals surface area contributed by atoms with Crippen LogP contribution in [0.5, 0.6) is 0 Å². The van der Waals surface area contributed by atoms with Crippen LogP contribution in [-0.4, -0.2) is 0 Å². The average molecular weight is 138 g/mol. The molecule has 0 aromatic heterocycles. The van der Waals surface area contributed by atoms with Crippen molar-refractivity contribution in [2.24, 2.45) is 5.92 Å². The third-order valence-electron chi connectivity index (χ3n) is 1.27. The molecule has 0 amide bonds. The second-order valence-corrected chi connectivity index (χ2v) is 2.96. The highest BCUT2D eigenvalue weighted by Gasteiger charge is 1.83. The predicted octanol–water partition coefficient (Wildman–Crippen LogP) is 3.55. The molecule has 0 unspecified atom stereocenters. The summed E-state index contributed by atoms with van der Waals surface area (Å²) >= 11 is 0. The average Bonchev–Trinajstić information content (AvgIpc) is 1.85. The maximum Gasteiger partial charge on any atom is -0.0287 e. The van der Waals surface area contributed by atoms with Gasteiger partial charge >= 0.3 is 0 Å². The Hall–Kier alpha value is -0.520. The van der Waals surface area contributed by atoms with E-state index < -0.39 is 0 Å². The lowest BCUT2D eigenvalue weighted by Crippen LogP contribution is -1.77. The molecular formula is C10H18. The van der Waals surface area contributed by atoms with Gasteiger partial charge in [0.25, 0.3) is 0 Å². The van der Waals surface area contributed by atoms with E-state index in [0.29, 0.717) is 5.92 Å². The van der Waals surface area contributed by atoms with Crippen molar-refractivity contribution in [2.75, 3.05) is 0 Å². The van der Waals surface area contributed by atoms with Crippen LogP contribution < -0.4 is 0 Å². The maximum absolute atomic E-state index is 2.24. The number of rotatable bonds is 3. The lowest BCUT2D eigenvalue weighted by molar-refractivity contribution is 0.830. The summed E-state index contributed by atoms with van der Waals surface area (Å²) in [5, 5.41) is 0. The fourth-order valence-electron chi connectivity index (χ4n) is 0.734. The molecule has 0 aromatic rings. The fourth-order valence-corrected chi connectivity index (χ4v) is 0.734. The first-order valence-corrected chi connectivity index (χ1v) is 4.01. The van der Waals surface area contributed by atoms with Crippen molar-refractivity contribution in [3.05, 3.63) is 23.8 Å². The second-order valence-electron chi connectivity index (χ2n) is 2.96. The number of hydrogen-bond donors (Lipinski definition) is 0. The standard InChI is InChI=1S/C10H18/c1-5-6-10(4)8-7-9(2)3/h6-9H,5H2,1-4H3/b8-7?,10-6-. The van der Waals surface area contributed by atoms with Gasteiger partial charge < -0.3 is 0 Å². The molecule has 0 saturated carbocycles. The van der Waals surface area contributed by atoms with Gasteiger partial charge in [-0.3, -0.25) is 0 Å². The van der Waals surface area contributed by atoms with Crippen molar-refractivity contribution in [3.63, 3.8) is 0 Å². The largest absolute Gasteiger partial charge is 0.0819 e. The van der Waals surface area contributed by atoms with Crippen LogP contribution in [0.25, 0.3) is 0 Å². The van der Waals surface area contributed by atoms with Gasteiger partial charge in [0.1, 0.15) is 0 Å². The van der Waals surface area contributed by atoms with E-state index in [1.165, 1.54) is 5.57 Å². The van der Waals surface area contributed by atoms with E-state index in [2.05, 4.69) is 45.9 Å². The molecule has 0 radical (unpaired) electrons. The van der Waals surface area contributed by atoms with E-state index in [4.69, 9.17) is 0 Å². The van der Waals surface area contributed by atoms with Gasteiger partial charge in [-0.1, -0.05) is 44.6 Å². The summed E-state index contributed by atoms with van der Waals surface area (Å²) in [6.07, 6.45) is 7.78. The first-order chi connectivity index (χ1) is 4.66. The Kier molecular flexibility index (Phi) is 5.00. The van der Waals surface area contributed by atoms with Crippen LogP contribution in [0.15, 0.2) is 23.8 Å². The Morgan fingerprint density at radius 3 is 2.40 bits per heavy atom. The van der Waals surface area contributed by atoms with E-state index >= 15 is 0 Å². The van der Waals surface area contributed by atoms with Gasteiger partial charge in [-0.2, -0.15) is 0 Å². The SMILES string of the molecule is CC/C=C(/C)C=CC(C)C. The third-order valence-corrected chi connectivity index (χ3v) is 1.27. The molecule has 0 nitrogen and oxygen atoms in total. The van der Waals surface area contributed by atoms with Gasteiger partial charge in [0.2, 0.25) is 0 Å². The molecule has 10 heavy (non-hydrogen) atoms. The first-order valence-electron chi connectivity index (χ1n) is 4.01. The smallest absolute Gasteiger partial charge is 0.0287 e. The van der Waals surface area contributed by atoms with Crippen molar-refractivity contribution in [1.29, 1.82) is 0 Å². The minimum atomic E-state index is 0.667. The Morgan fingerprint density at radius 1 is 1.40 bits per heavy atom. The minimum Gasteiger partial charge on any atom is -0.0819 e. The molecule has 0 spiro atoms. The predicted molar refractivity (Wildman–Crippen MR) is 48.0 cm³/mol. The van der Waals surface area contributed by atoms with Gasteiger partial charge in [0.05, 0.1) is 0 Å². The molecule has 0 saturated heterocycles. The molecule has 0 atom stereocenters. The molecular weight excluding hydrogens is 120 g/mol. The fraction of sp³-hybridized carbons (Fsp3) is 0.600. The van der Waals surface area contributed by atoms with Gasteiger partial charge in [-0.15, -0.1) is 0 Å². The van der Waals surface area contributed by atoms with Crippen LogP contribution in [0.2, 0.25) is 0 Å². The number of allylic oxidation sites excluding steroid dienone is 4. The normalized spacial score (nSPS) is 13.5. The van der Waals surface area contributed by atoms with Crippen molar-refractivity contribution in [3.8, 4) is 0 Å². The first kappa shape index (κ1) is 9.48. The molecule has 0 fully saturated rings. The highest BCUT2D eigenvalue weighted by molar-refractivity contribution is 5.15. The summed E-state index contributed by atoms with van der Waals surface area (Å²) < 4.78 is 0. The lowest BCUT2D eigenvalue weighted by atomic mass is 10.1. The Balaban J connectivity index is 3.77. The zero-order valence-corrected chi connectivity index (χ0v) is 7.52. The zero-order valence-electron chi connectivity index (χ0n) is 7.52. The van der Waals surface area contributed by atoms with Crippen molar-refractivity contribution in [1.82, 2.24) is 0 Å². The van der Waals surface area contributed by atoms with E-state index in [9.17, 15) is 0 Å². The van der Waals surface area contributed by atoms with Gasteiger partial charge in [0, 0.05) is 0 Å². The van der Waals surface area contributed by atoms with Crippen molar-refractivity contribution in [2.45, 2.75) is 34.1 Å². The van der Waals surface area contributed by atoms with Gasteiger partial charge in [-0.05, 0) is 19.3 Å². The Bertz CT molecular complexity index is 127. The lowest BCUT2D eigenvalue weighted by Gasteiger charge is -1.93.